The van der Waals surface area contributed by atoms with Crippen LogP contribution in [0.2, 0.25) is 0 Å². The van der Waals surface area contributed by atoms with Crippen LogP contribution in [0.3, 0.4) is 0 Å². The molecule has 2 aromatic rings. The van der Waals surface area contributed by atoms with Crippen LogP contribution in [0.25, 0.3) is 0 Å². The van der Waals surface area contributed by atoms with E-state index in [4.69, 9.17) is 14.2 Å². The van der Waals surface area contributed by atoms with Crippen LogP contribution < -0.4 is 14.8 Å². The Bertz CT molecular complexity index is 818. The van der Waals surface area contributed by atoms with Gasteiger partial charge in [0.05, 0.1) is 19.8 Å². The smallest absolute Gasteiger partial charge is 0.161 e. The molecule has 0 radical (unpaired) electrons. The third-order valence-electron chi connectivity index (χ3n) is 6.55. The third-order valence-corrected chi connectivity index (χ3v) is 6.55. The van der Waals surface area contributed by atoms with Crippen molar-refractivity contribution in [2.75, 3.05) is 26.9 Å². The van der Waals surface area contributed by atoms with E-state index in [1.54, 1.807) is 7.11 Å². The van der Waals surface area contributed by atoms with Crippen molar-refractivity contribution in [2.24, 2.45) is 5.92 Å². The van der Waals surface area contributed by atoms with Crippen molar-refractivity contribution in [3.05, 3.63) is 59.2 Å². The average Bonchev–Trinajstić information content (AvgIpc) is 2.78. The van der Waals surface area contributed by atoms with Gasteiger partial charge in [-0.2, -0.15) is 0 Å². The summed E-state index contributed by atoms with van der Waals surface area (Å²) in [6.07, 6.45) is 3.60. The van der Waals surface area contributed by atoms with E-state index in [-0.39, 0.29) is 5.41 Å². The summed E-state index contributed by atoms with van der Waals surface area (Å²) < 4.78 is 17.2. The van der Waals surface area contributed by atoms with Crippen LogP contribution in [-0.4, -0.2) is 33.0 Å². The van der Waals surface area contributed by atoms with Crippen LogP contribution in [0.15, 0.2) is 42.5 Å². The number of benzene rings is 2. The highest BCUT2D eigenvalue weighted by Crippen LogP contribution is 2.41. The molecule has 31 heavy (non-hydrogen) atoms. The van der Waals surface area contributed by atoms with E-state index >= 15 is 0 Å². The number of nitrogens with one attached hydrogen (secondary N) is 1. The minimum atomic E-state index is 0.171. The van der Waals surface area contributed by atoms with Crippen LogP contribution in [0.1, 0.15) is 56.7 Å². The minimum absolute atomic E-state index is 0.171. The Morgan fingerprint density at radius 3 is 2.58 bits per heavy atom. The second-order valence-electron chi connectivity index (χ2n) is 9.10. The molecule has 1 N–H and O–H groups in total. The van der Waals surface area contributed by atoms with Crippen LogP contribution in [-0.2, 0) is 16.7 Å². The summed E-state index contributed by atoms with van der Waals surface area (Å²) in [6.45, 7) is 11.9. The van der Waals surface area contributed by atoms with Crippen molar-refractivity contribution in [3.63, 3.8) is 0 Å². The Morgan fingerprint density at radius 2 is 1.90 bits per heavy atom. The predicted octanol–water partition coefficient (Wildman–Crippen LogP) is 5.66. The third kappa shape index (κ3) is 6.02. The van der Waals surface area contributed by atoms with Crippen molar-refractivity contribution in [3.8, 4) is 11.5 Å². The van der Waals surface area contributed by atoms with E-state index in [1.807, 2.05) is 13.0 Å². The molecule has 0 aromatic heterocycles. The maximum Gasteiger partial charge on any atom is 0.161 e. The molecule has 4 nitrogen and oxygen atoms in total. The lowest BCUT2D eigenvalue weighted by Crippen LogP contribution is -2.42. The second kappa shape index (κ2) is 11.0. The van der Waals surface area contributed by atoms with E-state index in [1.165, 1.54) is 16.7 Å². The maximum absolute atomic E-state index is 6.13. The van der Waals surface area contributed by atoms with E-state index in [0.29, 0.717) is 18.6 Å². The fourth-order valence-corrected chi connectivity index (χ4v) is 4.58. The highest BCUT2D eigenvalue weighted by molar-refractivity contribution is 5.43. The molecular weight excluding hydrogens is 386 g/mol. The Hall–Kier alpha value is -2.04. The van der Waals surface area contributed by atoms with Crippen LogP contribution in [0, 0.1) is 12.8 Å². The van der Waals surface area contributed by atoms with E-state index in [9.17, 15) is 0 Å². The van der Waals surface area contributed by atoms with Gasteiger partial charge >= 0.3 is 0 Å². The molecule has 0 aliphatic carbocycles. The molecule has 1 aliphatic heterocycles. The van der Waals surface area contributed by atoms with Crippen molar-refractivity contribution in [2.45, 2.75) is 65.0 Å². The number of hydrogen-bond acceptors (Lipinski definition) is 4. The maximum atomic E-state index is 6.13. The summed E-state index contributed by atoms with van der Waals surface area (Å²) in [6, 6.07) is 15.3. The molecule has 1 saturated heterocycles. The van der Waals surface area contributed by atoms with Gasteiger partial charge in [-0.25, -0.2) is 0 Å². The van der Waals surface area contributed by atoms with E-state index in [2.05, 4.69) is 62.5 Å². The Kier molecular flexibility index (Phi) is 8.39. The molecule has 0 spiro atoms. The summed E-state index contributed by atoms with van der Waals surface area (Å²) in [5.74, 6) is 2.13. The summed E-state index contributed by atoms with van der Waals surface area (Å²) in [5, 5.41) is 3.66. The monoisotopic (exact) mass is 425 g/mol. The van der Waals surface area contributed by atoms with Crippen LogP contribution in [0.5, 0.6) is 11.5 Å². The zero-order chi connectivity index (χ0) is 22.3. The highest BCUT2D eigenvalue weighted by atomic mass is 16.5. The first-order chi connectivity index (χ1) is 15.0. The van der Waals surface area contributed by atoms with E-state index < -0.39 is 0 Å². The first kappa shape index (κ1) is 23.6. The van der Waals surface area contributed by atoms with Gasteiger partial charge < -0.3 is 19.5 Å². The quantitative estimate of drug-likeness (QED) is 0.499. The highest BCUT2D eigenvalue weighted by Gasteiger charge is 2.39. The lowest BCUT2D eigenvalue weighted by molar-refractivity contribution is -0.0469. The number of rotatable bonds is 10. The van der Waals surface area contributed by atoms with Crippen LogP contribution >= 0.6 is 0 Å². The number of methoxy groups -OCH3 is 1. The van der Waals surface area contributed by atoms with Gasteiger partial charge in [-0.1, -0.05) is 49.7 Å². The minimum Gasteiger partial charge on any atom is -0.493 e. The lowest BCUT2D eigenvalue weighted by Gasteiger charge is -2.43. The SMILES string of the molecule is CCOc1ccc(CNCC[C@@]2(c3ccc(C)cc3)CCO[C@@H](C(C)C)C2)cc1OC. The van der Waals surface area contributed by atoms with Crippen molar-refractivity contribution in [1.82, 2.24) is 5.32 Å². The van der Waals surface area contributed by atoms with Gasteiger partial charge in [0.1, 0.15) is 0 Å². The fourth-order valence-electron chi connectivity index (χ4n) is 4.58. The van der Waals surface area contributed by atoms with Gasteiger partial charge in [0.25, 0.3) is 0 Å². The molecule has 0 amide bonds. The Balaban J connectivity index is 1.66. The Labute approximate surface area is 188 Å². The molecule has 0 unspecified atom stereocenters. The topological polar surface area (TPSA) is 39.7 Å². The molecule has 4 heteroatoms. The van der Waals surface area contributed by atoms with Crippen LogP contribution in [0.4, 0.5) is 0 Å². The fraction of sp³-hybridized carbons (Fsp3) is 0.556. The zero-order valence-corrected chi connectivity index (χ0v) is 19.9. The molecule has 1 heterocycles. The molecule has 170 valence electrons. The van der Waals surface area contributed by atoms with Gasteiger partial charge in [0, 0.05) is 18.6 Å². The summed E-state index contributed by atoms with van der Waals surface area (Å²) >= 11 is 0. The number of hydrogen-bond donors (Lipinski definition) is 1. The molecular formula is C27H39NO3. The van der Waals surface area contributed by atoms with Gasteiger partial charge in [0.2, 0.25) is 0 Å². The zero-order valence-electron chi connectivity index (χ0n) is 19.9. The van der Waals surface area contributed by atoms with Gasteiger partial charge in [0.15, 0.2) is 11.5 Å². The Morgan fingerprint density at radius 1 is 1.13 bits per heavy atom. The van der Waals surface area contributed by atoms with Crippen molar-refractivity contribution < 1.29 is 14.2 Å². The largest absolute Gasteiger partial charge is 0.493 e. The molecule has 1 fully saturated rings. The summed E-state index contributed by atoms with van der Waals surface area (Å²) in [5.41, 5.74) is 4.15. The summed E-state index contributed by atoms with van der Waals surface area (Å²) in [7, 11) is 1.69. The standard InChI is InChI=1S/C27H39NO3/c1-6-30-24-12-9-22(17-25(24)29-5)19-28-15-13-27(23-10-7-21(4)8-11-23)14-16-31-26(18-27)20(2)3/h7-12,17,20,26,28H,6,13-16,18-19H2,1-5H3/t26-,27-/m1/s1. The molecule has 1 aliphatic rings. The predicted molar refractivity (Wildman–Crippen MR) is 127 cm³/mol. The van der Waals surface area contributed by atoms with Gasteiger partial charge in [-0.05, 0) is 68.8 Å². The summed E-state index contributed by atoms with van der Waals surface area (Å²) in [4.78, 5) is 0. The lowest BCUT2D eigenvalue weighted by atomic mass is 9.68. The first-order valence-corrected chi connectivity index (χ1v) is 11.7. The number of aryl methyl sites for hydroxylation is 1. The normalized spacial score (nSPS) is 21.3. The van der Waals surface area contributed by atoms with Crippen molar-refractivity contribution in [1.29, 1.82) is 0 Å². The first-order valence-electron chi connectivity index (χ1n) is 11.7. The molecule has 2 atom stereocenters. The molecule has 2 aromatic carbocycles. The average molecular weight is 426 g/mol. The number of ether oxygens (including phenoxy) is 3. The molecule has 0 bridgehead atoms. The van der Waals surface area contributed by atoms with Gasteiger partial charge in [-0.15, -0.1) is 0 Å². The van der Waals surface area contributed by atoms with Crippen molar-refractivity contribution >= 4 is 0 Å². The van der Waals surface area contributed by atoms with Gasteiger partial charge in [-0.3, -0.25) is 0 Å². The van der Waals surface area contributed by atoms with E-state index in [0.717, 1.165) is 50.5 Å². The molecule has 0 saturated carbocycles. The molecule has 3 rings (SSSR count). The second-order valence-corrected chi connectivity index (χ2v) is 9.10.